The largest absolute Gasteiger partial charge is 0.397 e. The van der Waals surface area contributed by atoms with Gasteiger partial charge in [-0.25, -0.2) is 4.39 Å². The van der Waals surface area contributed by atoms with Gasteiger partial charge in [0.25, 0.3) is 0 Å². The van der Waals surface area contributed by atoms with Gasteiger partial charge in [-0.1, -0.05) is 6.92 Å². The van der Waals surface area contributed by atoms with E-state index in [1.165, 1.54) is 6.07 Å². The molecule has 0 aliphatic carbocycles. The number of nitrogens with two attached hydrogens (primary N) is 1. The van der Waals surface area contributed by atoms with Crippen molar-refractivity contribution in [2.75, 3.05) is 30.4 Å². The summed E-state index contributed by atoms with van der Waals surface area (Å²) in [6.07, 6.45) is 0.965. The molecule has 5 heteroatoms. The molecule has 1 aromatic carbocycles. The fourth-order valence-corrected chi connectivity index (χ4v) is 2.60. The van der Waals surface area contributed by atoms with E-state index >= 15 is 0 Å². The number of anilines is 2. The second kappa shape index (κ2) is 5.39. The number of morpholine rings is 1. The molecule has 94 valence electrons. The Balaban J connectivity index is 2.34. The van der Waals surface area contributed by atoms with Crippen LogP contribution in [0.2, 0.25) is 0 Å². The lowest BCUT2D eigenvalue weighted by Crippen LogP contribution is -2.45. The number of nitrogens with zero attached hydrogens (tertiary/aromatic N) is 1. The molecule has 0 bridgehead atoms. The van der Waals surface area contributed by atoms with Crippen LogP contribution in [0.1, 0.15) is 13.3 Å². The number of benzene rings is 1. The Hall–Kier alpha value is -0.560. The Bertz CT molecular complexity index is 414. The van der Waals surface area contributed by atoms with Gasteiger partial charge in [-0.05, 0) is 35.1 Å². The zero-order chi connectivity index (χ0) is 12.4. The minimum absolute atomic E-state index is 0.212. The molecule has 0 amide bonds. The number of hydrogen-bond donors (Lipinski definition) is 1. The summed E-state index contributed by atoms with van der Waals surface area (Å²) in [4.78, 5) is 2.15. The van der Waals surface area contributed by atoms with Gasteiger partial charge in [0.05, 0.1) is 34.2 Å². The van der Waals surface area contributed by atoms with Crippen LogP contribution >= 0.6 is 22.6 Å². The molecule has 1 fully saturated rings. The molecule has 1 heterocycles. The average molecular weight is 350 g/mol. The van der Waals surface area contributed by atoms with E-state index in [1.807, 2.05) is 22.6 Å². The number of rotatable bonds is 2. The van der Waals surface area contributed by atoms with E-state index in [-0.39, 0.29) is 11.9 Å². The molecule has 3 nitrogen and oxygen atoms in total. The van der Waals surface area contributed by atoms with Crippen molar-refractivity contribution in [3.63, 3.8) is 0 Å². The summed E-state index contributed by atoms with van der Waals surface area (Å²) in [5.74, 6) is -0.212. The minimum atomic E-state index is -0.212. The molecular formula is C12H16FIN2O. The van der Waals surface area contributed by atoms with Crippen LogP contribution < -0.4 is 10.6 Å². The first kappa shape index (κ1) is 12.9. The summed E-state index contributed by atoms with van der Waals surface area (Å²) in [6, 6.07) is 3.50. The molecule has 1 unspecified atom stereocenters. The third-order valence-corrected chi connectivity index (χ3v) is 3.90. The average Bonchev–Trinajstić information content (AvgIpc) is 2.34. The van der Waals surface area contributed by atoms with Gasteiger partial charge < -0.3 is 15.4 Å². The van der Waals surface area contributed by atoms with E-state index in [4.69, 9.17) is 10.5 Å². The summed E-state index contributed by atoms with van der Waals surface area (Å²) in [6.45, 7) is 4.22. The van der Waals surface area contributed by atoms with Gasteiger partial charge in [-0.15, -0.1) is 0 Å². The van der Waals surface area contributed by atoms with Crippen molar-refractivity contribution in [3.8, 4) is 0 Å². The third-order valence-electron chi connectivity index (χ3n) is 3.08. The molecule has 0 radical (unpaired) electrons. The Labute approximate surface area is 114 Å². The van der Waals surface area contributed by atoms with Crippen molar-refractivity contribution in [1.82, 2.24) is 0 Å². The highest BCUT2D eigenvalue weighted by atomic mass is 127. The first-order chi connectivity index (χ1) is 8.13. The van der Waals surface area contributed by atoms with Gasteiger partial charge in [0.15, 0.2) is 0 Å². The Morgan fingerprint density at radius 1 is 1.59 bits per heavy atom. The van der Waals surface area contributed by atoms with Gasteiger partial charge in [-0.2, -0.15) is 0 Å². The van der Waals surface area contributed by atoms with Gasteiger partial charge in [0.1, 0.15) is 5.82 Å². The monoisotopic (exact) mass is 350 g/mol. The van der Waals surface area contributed by atoms with Crippen LogP contribution in [0.25, 0.3) is 0 Å². The molecule has 0 saturated carbocycles. The molecule has 0 aromatic heterocycles. The lowest BCUT2D eigenvalue weighted by Gasteiger charge is -2.37. The molecule has 1 aliphatic heterocycles. The van der Waals surface area contributed by atoms with Crippen LogP contribution in [0.15, 0.2) is 12.1 Å². The maximum Gasteiger partial charge on any atom is 0.138 e. The van der Waals surface area contributed by atoms with Crippen molar-refractivity contribution in [1.29, 1.82) is 0 Å². The number of hydrogen-bond acceptors (Lipinski definition) is 3. The van der Waals surface area contributed by atoms with Crippen LogP contribution in [0.3, 0.4) is 0 Å². The zero-order valence-electron chi connectivity index (χ0n) is 9.75. The second-order valence-corrected chi connectivity index (χ2v) is 5.32. The van der Waals surface area contributed by atoms with Crippen molar-refractivity contribution in [3.05, 3.63) is 21.5 Å². The highest BCUT2D eigenvalue weighted by Gasteiger charge is 2.24. The lowest BCUT2D eigenvalue weighted by molar-refractivity contribution is 0.0930. The van der Waals surface area contributed by atoms with Crippen molar-refractivity contribution in [2.24, 2.45) is 0 Å². The van der Waals surface area contributed by atoms with Gasteiger partial charge >= 0.3 is 0 Å². The summed E-state index contributed by atoms with van der Waals surface area (Å²) < 4.78 is 19.6. The number of nitrogen functional groups attached to an aromatic ring is 1. The van der Waals surface area contributed by atoms with Crippen LogP contribution in [-0.2, 0) is 4.74 Å². The smallest absolute Gasteiger partial charge is 0.138 e. The summed E-state index contributed by atoms with van der Waals surface area (Å²) in [5, 5.41) is 0. The van der Waals surface area contributed by atoms with Gasteiger partial charge in [0, 0.05) is 12.6 Å². The van der Waals surface area contributed by atoms with Crippen molar-refractivity contribution in [2.45, 2.75) is 19.4 Å². The molecule has 1 aromatic rings. The van der Waals surface area contributed by atoms with E-state index < -0.39 is 0 Å². The van der Waals surface area contributed by atoms with Crippen LogP contribution in [0, 0.1) is 9.39 Å². The molecular weight excluding hydrogens is 334 g/mol. The fourth-order valence-electron chi connectivity index (χ4n) is 2.11. The predicted molar refractivity (Wildman–Crippen MR) is 75.8 cm³/mol. The van der Waals surface area contributed by atoms with Gasteiger partial charge in [-0.3, -0.25) is 0 Å². The fraction of sp³-hybridized carbons (Fsp3) is 0.500. The number of halogens is 2. The van der Waals surface area contributed by atoms with E-state index in [0.29, 0.717) is 22.5 Å². The first-order valence-corrected chi connectivity index (χ1v) is 6.80. The Kier molecular flexibility index (Phi) is 4.09. The molecule has 1 saturated heterocycles. The topological polar surface area (TPSA) is 38.5 Å². The lowest BCUT2D eigenvalue weighted by atomic mass is 10.1. The SMILES string of the molecule is CCC1COCCN1c1cc(F)c(I)cc1N. The standard InChI is InChI=1S/C12H16FIN2O/c1-2-8-7-17-4-3-16(8)12-5-9(13)10(14)6-11(12)15/h5-6,8H,2-4,7,15H2,1H3. The second-order valence-electron chi connectivity index (χ2n) is 4.16. The normalized spacial score (nSPS) is 20.6. The third kappa shape index (κ3) is 2.65. The first-order valence-electron chi connectivity index (χ1n) is 5.72. The van der Waals surface area contributed by atoms with Crippen LogP contribution in [0.4, 0.5) is 15.8 Å². The zero-order valence-corrected chi connectivity index (χ0v) is 11.9. The summed E-state index contributed by atoms with van der Waals surface area (Å²) in [5.41, 5.74) is 7.41. The highest BCUT2D eigenvalue weighted by Crippen LogP contribution is 2.30. The number of ether oxygens (including phenoxy) is 1. The van der Waals surface area contributed by atoms with Crippen LogP contribution in [0.5, 0.6) is 0 Å². The molecule has 2 rings (SSSR count). The molecule has 0 spiro atoms. The Morgan fingerprint density at radius 2 is 2.35 bits per heavy atom. The molecule has 1 atom stereocenters. The molecule has 17 heavy (non-hydrogen) atoms. The van der Waals surface area contributed by atoms with Gasteiger partial charge in [0.2, 0.25) is 0 Å². The maximum absolute atomic E-state index is 13.6. The van der Waals surface area contributed by atoms with Crippen LogP contribution in [-0.4, -0.2) is 25.8 Å². The summed E-state index contributed by atoms with van der Waals surface area (Å²) >= 11 is 1.95. The highest BCUT2D eigenvalue weighted by molar-refractivity contribution is 14.1. The van der Waals surface area contributed by atoms with Crippen molar-refractivity contribution < 1.29 is 9.13 Å². The van der Waals surface area contributed by atoms with Crippen molar-refractivity contribution >= 4 is 34.0 Å². The van der Waals surface area contributed by atoms with E-state index in [1.54, 1.807) is 6.07 Å². The predicted octanol–water partition coefficient (Wildman–Crippen LogP) is 2.63. The quantitative estimate of drug-likeness (QED) is 0.658. The minimum Gasteiger partial charge on any atom is -0.397 e. The molecule has 2 N–H and O–H groups in total. The van der Waals surface area contributed by atoms with E-state index in [0.717, 1.165) is 18.7 Å². The molecule has 1 aliphatic rings. The maximum atomic E-state index is 13.6. The Morgan fingerprint density at radius 3 is 3.06 bits per heavy atom. The summed E-state index contributed by atoms with van der Waals surface area (Å²) in [7, 11) is 0. The van der Waals surface area contributed by atoms with E-state index in [9.17, 15) is 4.39 Å². The van der Waals surface area contributed by atoms with E-state index in [2.05, 4.69) is 11.8 Å².